The molecule has 0 amide bonds. The van der Waals surface area contributed by atoms with E-state index in [0.29, 0.717) is 23.2 Å². The van der Waals surface area contributed by atoms with Crippen molar-refractivity contribution in [2.24, 2.45) is 0 Å². The van der Waals surface area contributed by atoms with Gasteiger partial charge >= 0.3 is 0 Å². The minimum absolute atomic E-state index is 0.0479. The van der Waals surface area contributed by atoms with Gasteiger partial charge in [0.2, 0.25) is 5.88 Å². The van der Waals surface area contributed by atoms with E-state index >= 15 is 0 Å². The summed E-state index contributed by atoms with van der Waals surface area (Å²) in [6.45, 7) is 8.97. The van der Waals surface area contributed by atoms with Crippen molar-refractivity contribution in [2.45, 2.75) is 39.8 Å². The first-order valence-corrected chi connectivity index (χ1v) is 7.21. The normalized spacial score (nSPS) is 11.5. The van der Waals surface area contributed by atoms with E-state index in [2.05, 4.69) is 36.1 Å². The average Bonchev–Trinajstić information content (AvgIpc) is 2.40. The van der Waals surface area contributed by atoms with Crippen LogP contribution in [0.4, 0.5) is 0 Å². The van der Waals surface area contributed by atoms with Crippen LogP contribution in [-0.4, -0.2) is 15.5 Å². The number of benzene rings is 1. The highest BCUT2D eigenvalue weighted by Gasteiger charge is 2.09. The Morgan fingerprint density at radius 3 is 2.52 bits per heavy atom. The molecule has 0 bridgehead atoms. The number of rotatable bonds is 4. The average molecular weight is 306 g/mol. The van der Waals surface area contributed by atoms with Gasteiger partial charge in [0.25, 0.3) is 0 Å². The van der Waals surface area contributed by atoms with Crippen LogP contribution >= 0.6 is 11.6 Å². The van der Waals surface area contributed by atoms with Crippen molar-refractivity contribution in [1.29, 1.82) is 0 Å². The van der Waals surface area contributed by atoms with Crippen LogP contribution in [-0.2, 0) is 6.54 Å². The van der Waals surface area contributed by atoms with E-state index in [1.807, 2.05) is 25.1 Å². The number of nitrogens with zero attached hydrogens (tertiary/aromatic N) is 2. The Morgan fingerprint density at radius 1 is 1.19 bits per heavy atom. The van der Waals surface area contributed by atoms with Crippen molar-refractivity contribution in [3.63, 3.8) is 0 Å². The van der Waals surface area contributed by atoms with Crippen LogP contribution in [0.2, 0.25) is 5.02 Å². The molecule has 0 unspecified atom stereocenters. The van der Waals surface area contributed by atoms with E-state index in [1.54, 1.807) is 12.4 Å². The van der Waals surface area contributed by atoms with E-state index in [-0.39, 0.29) is 5.54 Å². The van der Waals surface area contributed by atoms with Crippen LogP contribution in [0.1, 0.15) is 32.0 Å². The first kappa shape index (κ1) is 15.7. The van der Waals surface area contributed by atoms with Crippen LogP contribution in [0.5, 0.6) is 11.6 Å². The Balaban J connectivity index is 2.02. The summed E-state index contributed by atoms with van der Waals surface area (Å²) in [6.07, 6.45) is 3.31. The van der Waals surface area contributed by atoms with Gasteiger partial charge in [0.15, 0.2) is 0 Å². The summed E-state index contributed by atoms with van der Waals surface area (Å²) in [7, 11) is 0. The zero-order chi connectivity index (χ0) is 15.5. The lowest BCUT2D eigenvalue weighted by Gasteiger charge is -2.19. The van der Waals surface area contributed by atoms with Gasteiger partial charge in [0.1, 0.15) is 5.75 Å². The third kappa shape index (κ3) is 4.99. The second-order valence-corrected chi connectivity index (χ2v) is 6.39. The second-order valence-electron chi connectivity index (χ2n) is 5.99. The Bertz CT molecular complexity index is 606. The van der Waals surface area contributed by atoms with Crippen molar-refractivity contribution < 1.29 is 4.74 Å². The third-order valence-corrected chi connectivity index (χ3v) is 3.08. The molecule has 5 heteroatoms. The van der Waals surface area contributed by atoms with Gasteiger partial charge in [-0.15, -0.1) is 0 Å². The molecule has 0 aliphatic carbocycles. The van der Waals surface area contributed by atoms with Crippen LogP contribution in [0, 0.1) is 6.92 Å². The highest BCUT2D eigenvalue weighted by atomic mass is 35.5. The summed E-state index contributed by atoms with van der Waals surface area (Å²) in [6, 6.07) is 5.62. The molecule has 0 saturated heterocycles. The van der Waals surface area contributed by atoms with Gasteiger partial charge in [0.05, 0.1) is 23.1 Å². The Kier molecular flexibility index (Phi) is 4.80. The molecule has 1 N–H and O–H groups in total. The van der Waals surface area contributed by atoms with Gasteiger partial charge in [0, 0.05) is 12.1 Å². The first-order valence-electron chi connectivity index (χ1n) is 6.83. The van der Waals surface area contributed by atoms with Crippen LogP contribution < -0.4 is 10.1 Å². The molecule has 2 rings (SSSR count). The highest BCUT2D eigenvalue weighted by Crippen LogP contribution is 2.28. The van der Waals surface area contributed by atoms with Gasteiger partial charge in [-0.2, -0.15) is 0 Å². The molecule has 0 fully saturated rings. The van der Waals surface area contributed by atoms with E-state index in [9.17, 15) is 0 Å². The van der Waals surface area contributed by atoms with Crippen LogP contribution in [0.15, 0.2) is 30.6 Å². The number of nitrogens with one attached hydrogen (secondary N) is 1. The van der Waals surface area contributed by atoms with Crippen LogP contribution in [0.3, 0.4) is 0 Å². The van der Waals surface area contributed by atoms with Crippen molar-refractivity contribution >= 4 is 11.6 Å². The zero-order valence-electron chi connectivity index (χ0n) is 12.8. The maximum atomic E-state index is 6.13. The maximum Gasteiger partial charge on any atom is 0.237 e. The Morgan fingerprint density at radius 2 is 1.95 bits per heavy atom. The highest BCUT2D eigenvalue weighted by molar-refractivity contribution is 6.32. The summed E-state index contributed by atoms with van der Waals surface area (Å²) in [4.78, 5) is 8.59. The smallest absolute Gasteiger partial charge is 0.237 e. The fraction of sp³-hybridized carbons (Fsp3) is 0.375. The minimum Gasteiger partial charge on any atom is -0.436 e. The molecule has 4 nitrogen and oxygen atoms in total. The first-order chi connectivity index (χ1) is 9.83. The largest absolute Gasteiger partial charge is 0.436 e. The summed E-state index contributed by atoms with van der Waals surface area (Å²) >= 11 is 6.13. The van der Waals surface area contributed by atoms with Gasteiger partial charge in [-0.25, -0.2) is 4.98 Å². The van der Waals surface area contributed by atoms with Gasteiger partial charge in [-0.1, -0.05) is 17.7 Å². The molecule has 1 heterocycles. The molecule has 0 aliphatic heterocycles. The van der Waals surface area contributed by atoms with Crippen LogP contribution in [0.25, 0.3) is 0 Å². The Hall–Kier alpha value is -1.65. The number of halogens is 1. The lowest BCUT2D eigenvalue weighted by molar-refractivity contribution is 0.418. The molecule has 1 aromatic heterocycles. The van der Waals surface area contributed by atoms with Crippen molar-refractivity contribution in [3.8, 4) is 11.6 Å². The number of hydrogen-bond acceptors (Lipinski definition) is 4. The number of aromatic nitrogens is 2. The molecule has 112 valence electrons. The lowest BCUT2D eigenvalue weighted by Crippen LogP contribution is -2.35. The molecule has 0 saturated carbocycles. The second kappa shape index (κ2) is 6.41. The molecular weight excluding hydrogens is 286 g/mol. The van der Waals surface area contributed by atoms with Gasteiger partial charge in [-0.3, -0.25) is 4.98 Å². The molecule has 0 atom stereocenters. The molecule has 0 aliphatic rings. The molecule has 1 aromatic carbocycles. The number of ether oxygens (including phenoxy) is 1. The topological polar surface area (TPSA) is 47.0 Å². The summed E-state index contributed by atoms with van der Waals surface area (Å²) in [5.74, 6) is 1.01. The zero-order valence-corrected chi connectivity index (χ0v) is 13.5. The summed E-state index contributed by atoms with van der Waals surface area (Å²) < 4.78 is 5.64. The van der Waals surface area contributed by atoms with Crippen molar-refractivity contribution in [2.75, 3.05) is 0 Å². The molecular formula is C16H20ClN3O. The lowest BCUT2D eigenvalue weighted by atomic mass is 10.1. The summed E-state index contributed by atoms with van der Waals surface area (Å²) in [5, 5.41) is 3.92. The SMILES string of the molecule is Cc1ccc(Oc2cnc(CNC(C)(C)C)cn2)c(Cl)c1. The standard InChI is InChI=1S/C16H20ClN3O/c1-11-5-6-14(13(17)7-11)21-15-10-18-12(8-19-15)9-20-16(2,3)4/h5-8,10,20H,9H2,1-4H3. The van der Waals surface area contributed by atoms with Gasteiger partial charge < -0.3 is 10.1 Å². The number of hydrogen-bond donors (Lipinski definition) is 1. The predicted molar refractivity (Wildman–Crippen MR) is 84.9 cm³/mol. The fourth-order valence-electron chi connectivity index (χ4n) is 1.64. The minimum atomic E-state index is 0.0479. The molecule has 21 heavy (non-hydrogen) atoms. The van der Waals surface area contributed by atoms with E-state index in [1.165, 1.54) is 0 Å². The van der Waals surface area contributed by atoms with Gasteiger partial charge in [-0.05, 0) is 45.4 Å². The number of aryl methyl sites for hydroxylation is 1. The van der Waals surface area contributed by atoms with Crippen molar-refractivity contribution in [1.82, 2.24) is 15.3 Å². The Labute approximate surface area is 130 Å². The monoisotopic (exact) mass is 305 g/mol. The fourth-order valence-corrected chi connectivity index (χ4v) is 1.92. The molecule has 0 spiro atoms. The van der Waals surface area contributed by atoms with Crippen molar-refractivity contribution in [3.05, 3.63) is 46.9 Å². The van der Waals surface area contributed by atoms with E-state index in [0.717, 1.165) is 11.3 Å². The van der Waals surface area contributed by atoms with E-state index < -0.39 is 0 Å². The molecule has 0 radical (unpaired) electrons. The maximum absolute atomic E-state index is 6.13. The third-order valence-electron chi connectivity index (χ3n) is 2.78. The quantitative estimate of drug-likeness (QED) is 0.923. The predicted octanol–water partition coefficient (Wildman–Crippen LogP) is 4.12. The summed E-state index contributed by atoms with van der Waals surface area (Å²) in [5.41, 5.74) is 2.00. The van der Waals surface area contributed by atoms with E-state index in [4.69, 9.17) is 16.3 Å². The molecule has 2 aromatic rings.